The summed E-state index contributed by atoms with van der Waals surface area (Å²) in [5.74, 6) is 1.61. The number of rotatable bonds is 5. The SMILES string of the molecule is CC(C)N(CCCO)C(=O)C1CC2C=CC1C2. The quantitative estimate of drug-likeness (QED) is 0.741. The highest BCUT2D eigenvalue weighted by Gasteiger charge is 2.41. The summed E-state index contributed by atoms with van der Waals surface area (Å²) in [6.07, 6.45) is 7.37. The van der Waals surface area contributed by atoms with E-state index in [1.165, 1.54) is 6.42 Å². The van der Waals surface area contributed by atoms with Crippen molar-refractivity contribution in [3.05, 3.63) is 12.2 Å². The Kier molecular flexibility index (Phi) is 3.87. The van der Waals surface area contributed by atoms with Crippen LogP contribution in [-0.4, -0.2) is 35.1 Å². The number of hydrogen-bond acceptors (Lipinski definition) is 2. The molecule has 3 heteroatoms. The first-order valence-electron chi connectivity index (χ1n) is 6.73. The van der Waals surface area contributed by atoms with Crippen LogP contribution in [0, 0.1) is 17.8 Å². The number of aliphatic hydroxyl groups is 1. The summed E-state index contributed by atoms with van der Waals surface area (Å²) in [6, 6.07) is 0.233. The highest BCUT2D eigenvalue weighted by molar-refractivity contribution is 5.80. The molecule has 0 aromatic rings. The van der Waals surface area contributed by atoms with Crippen molar-refractivity contribution in [2.75, 3.05) is 13.2 Å². The van der Waals surface area contributed by atoms with Gasteiger partial charge in [-0.2, -0.15) is 0 Å². The summed E-state index contributed by atoms with van der Waals surface area (Å²) in [5, 5.41) is 8.90. The smallest absolute Gasteiger partial charge is 0.226 e. The van der Waals surface area contributed by atoms with Crippen LogP contribution in [0.15, 0.2) is 12.2 Å². The fourth-order valence-corrected chi connectivity index (χ4v) is 3.14. The molecule has 0 aliphatic heterocycles. The molecular weight excluding hydrogens is 214 g/mol. The zero-order chi connectivity index (χ0) is 12.4. The van der Waals surface area contributed by atoms with E-state index in [4.69, 9.17) is 5.11 Å². The van der Waals surface area contributed by atoms with Crippen LogP contribution < -0.4 is 0 Å². The Balaban J connectivity index is 1.99. The van der Waals surface area contributed by atoms with E-state index in [1.54, 1.807) is 0 Å². The van der Waals surface area contributed by atoms with Crippen molar-refractivity contribution in [2.45, 2.75) is 39.2 Å². The van der Waals surface area contributed by atoms with Crippen molar-refractivity contribution in [1.82, 2.24) is 4.90 Å². The standard InChI is InChI=1S/C14H23NO2/c1-10(2)15(6-3-7-16)14(17)13-9-11-4-5-12(13)8-11/h4-5,10-13,16H,3,6-9H2,1-2H3. The molecule has 3 unspecified atom stereocenters. The summed E-state index contributed by atoms with van der Waals surface area (Å²) >= 11 is 0. The third kappa shape index (κ3) is 2.54. The molecule has 0 spiro atoms. The second-order valence-corrected chi connectivity index (χ2v) is 5.59. The Labute approximate surface area is 103 Å². The van der Waals surface area contributed by atoms with Crippen LogP contribution in [-0.2, 0) is 4.79 Å². The third-order valence-corrected chi connectivity index (χ3v) is 4.06. The molecule has 0 heterocycles. The van der Waals surface area contributed by atoms with Gasteiger partial charge < -0.3 is 10.0 Å². The van der Waals surface area contributed by atoms with E-state index in [0.717, 1.165) is 6.42 Å². The lowest BCUT2D eigenvalue weighted by Gasteiger charge is -2.31. The second kappa shape index (κ2) is 5.21. The summed E-state index contributed by atoms with van der Waals surface area (Å²) in [5.41, 5.74) is 0. The van der Waals surface area contributed by atoms with Crippen molar-refractivity contribution in [1.29, 1.82) is 0 Å². The van der Waals surface area contributed by atoms with Gasteiger partial charge in [-0.15, -0.1) is 0 Å². The minimum Gasteiger partial charge on any atom is -0.396 e. The fourth-order valence-electron chi connectivity index (χ4n) is 3.14. The predicted octanol–water partition coefficient (Wildman–Crippen LogP) is 1.82. The maximum Gasteiger partial charge on any atom is 0.226 e. The van der Waals surface area contributed by atoms with Crippen LogP contribution in [0.3, 0.4) is 0 Å². The number of nitrogens with zero attached hydrogens (tertiary/aromatic N) is 1. The second-order valence-electron chi connectivity index (χ2n) is 5.59. The van der Waals surface area contributed by atoms with Crippen molar-refractivity contribution >= 4 is 5.91 Å². The molecule has 1 amide bonds. The highest BCUT2D eigenvalue weighted by atomic mass is 16.3. The maximum atomic E-state index is 12.5. The van der Waals surface area contributed by atoms with Gasteiger partial charge in [-0.05, 0) is 44.9 Å². The van der Waals surface area contributed by atoms with Gasteiger partial charge in [0.05, 0.1) is 0 Å². The van der Waals surface area contributed by atoms with Gasteiger partial charge in [-0.1, -0.05) is 12.2 Å². The molecule has 2 aliphatic rings. The maximum absolute atomic E-state index is 12.5. The molecule has 0 radical (unpaired) electrons. The first-order chi connectivity index (χ1) is 8.13. The van der Waals surface area contributed by atoms with Gasteiger partial charge >= 0.3 is 0 Å². The van der Waals surface area contributed by atoms with Crippen molar-refractivity contribution < 1.29 is 9.90 Å². The van der Waals surface area contributed by atoms with Gasteiger partial charge in [0.25, 0.3) is 0 Å². The molecule has 17 heavy (non-hydrogen) atoms. The van der Waals surface area contributed by atoms with Crippen LogP contribution >= 0.6 is 0 Å². The van der Waals surface area contributed by atoms with Gasteiger partial charge in [-0.3, -0.25) is 4.79 Å². The number of hydrogen-bond donors (Lipinski definition) is 1. The van der Waals surface area contributed by atoms with Crippen LogP contribution in [0.4, 0.5) is 0 Å². The number of allylic oxidation sites excluding steroid dienone is 2. The van der Waals surface area contributed by atoms with E-state index in [9.17, 15) is 4.79 Å². The average Bonchev–Trinajstić information content (AvgIpc) is 2.90. The number of carbonyl (C=O) groups excluding carboxylic acids is 1. The van der Waals surface area contributed by atoms with Crippen LogP contribution in [0.1, 0.15) is 33.1 Å². The zero-order valence-electron chi connectivity index (χ0n) is 10.8. The summed E-state index contributed by atoms with van der Waals surface area (Å²) in [4.78, 5) is 14.4. The Morgan fingerprint density at radius 1 is 1.41 bits per heavy atom. The predicted molar refractivity (Wildman–Crippen MR) is 67.4 cm³/mol. The topological polar surface area (TPSA) is 40.5 Å². The largest absolute Gasteiger partial charge is 0.396 e. The Morgan fingerprint density at radius 2 is 2.18 bits per heavy atom. The Morgan fingerprint density at radius 3 is 2.65 bits per heavy atom. The molecule has 0 saturated heterocycles. The molecule has 0 aromatic heterocycles. The lowest BCUT2D eigenvalue weighted by atomic mass is 9.92. The summed E-state index contributed by atoms with van der Waals surface area (Å²) < 4.78 is 0. The minimum atomic E-state index is 0.160. The van der Waals surface area contributed by atoms with Gasteiger partial charge in [0, 0.05) is 25.1 Å². The summed E-state index contributed by atoms with van der Waals surface area (Å²) in [7, 11) is 0. The highest BCUT2D eigenvalue weighted by Crippen LogP contribution is 2.44. The molecule has 1 N–H and O–H groups in total. The van der Waals surface area contributed by atoms with Crippen molar-refractivity contribution in [2.24, 2.45) is 17.8 Å². The van der Waals surface area contributed by atoms with Gasteiger partial charge in [-0.25, -0.2) is 0 Å². The number of amides is 1. The number of fused-ring (bicyclic) bond motifs is 2. The molecule has 2 rings (SSSR count). The molecule has 3 nitrogen and oxygen atoms in total. The van der Waals surface area contributed by atoms with Crippen molar-refractivity contribution in [3.8, 4) is 0 Å². The van der Waals surface area contributed by atoms with Crippen LogP contribution in [0.25, 0.3) is 0 Å². The normalized spacial score (nSPS) is 30.2. The lowest BCUT2D eigenvalue weighted by Crippen LogP contribution is -2.42. The fraction of sp³-hybridized carbons (Fsp3) is 0.786. The van der Waals surface area contributed by atoms with Crippen LogP contribution in [0.5, 0.6) is 0 Å². The van der Waals surface area contributed by atoms with E-state index in [2.05, 4.69) is 26.0 Å². The van der Waals surface area contributed by atoms with Gasteiger partial charge in [0.1, 0.15) is 0 Å². The first kappa shape index (κ1) is 12.6. The molecule has 2 aliphatic carbocycles. The number of aliphatic hydroxyl groups excluding tert-OH is 1. The third-order valence-electron chi connectivity index (χ3n) is 4.06. The van der Waals surface area contributed by atoms with Gasteiger partial charge in [0.15, 0.2) is 0 Å². The van der Waals surface area contributed by atoms with Crippen molar-refractivity contribution in [3.63, 3.8) is 0 Å². The van der Waals surface area contributed by atoms with Gasteiger partial charge in [0.2, 0.25) is 5.91 Å². The molecule has 1 saturated carbocycles. The van der Waals surface area contributed by atoms with E-state index in [1.807, 2.05) is 4.90 Å². The monoisotopic (exact) mass is 237 g/mol. The lowest BCUT2D eigenvalue weighted by molar-refractivity contribution is -0.138. The first-order valence-corrected chi connectivity index (χ1v) is 6.73. The summed E-state index contributed by atoms with van der Waals surface area (Å²) in [6.45, 7) is 4.95. The molecule has 0 aromatic carbocycles. The van der Waals surface area contributed by atoms with Crippen LogP contribution in [0.2, 0.25) is 0 Å². The molecule has 1 fully saturated rings. The molecule has 2 bridgehead atoms. The zero-order valence-corrected chi connectivity index (χ0v) is 10.8. The molecular formula is C14H23NO2. The Hall–Kier alpha value is -0.830. The van der Waals surface area contributed by atoms with E-state index < -0.39 is 0 Å². The molecule has 3 atom stereocenters. The molecule has 96 valence electrons. The minimum absolute atomic E-state index is 0.160. The van der Waals surface area contributed by atoms with E-state index in [0.29, 0.717) is 30.7 Å². The Bertz CT molecular complexity index is 311. The average molecular weight is 237 g/mol. The number of carbonyl (C=O) groups is 1. The van der Waals surface area contributed by atoms with E-state index >= 15 is 0 Å². The van der Waals surface area contributed by atoms with E-state index in [-0.39, 0.29) is 18.6 Å².